The van der Waals surface area contributed by atoms with Crippen molar-refractivity contribution in [1.29, 1.82) is 0 Å². The molecule has 140 valence electrons. The summed E-state index contributed by atoms with van der Waals surface area (Å²) in [6.07, 6.45) is 4.06. The van der Waals surface area contributed by atoms with Gasteiger partial charge in [-0.3, -0.25) is 4.79 Å². The number of aromatic nitrogens is 2. The lowest BCUT2D eigenvalue weighted by Gasteiger charge is -2.24. The molecule has 0 spiro atoms. The van der Waals surface area contributed by atoms with E-state index in [-0.39, 0.29) is 12.0 Å². The fourth-order valence-corrected chi connectivity index (χ4v) is 3.19. The van der Waals surface area contributed by atoms with Crippen molar-refractivity contribution in [3.8, 4) is 11.4 Å². The molecule has 2 aromatic rings. The molecular formula is C19H24ClN3O3. The number of aryl methyl sites for hydroxylation is 1. The van der Waals surface area contributed by atoms with E-state index in [1.807, 2.05) is 24.0 Å². The number of carbonyl (C=O) groups is 1. The zero-order valence-corrected chi connectivity index (χ0v) is 15.7. The first-order chi connectivity index (χ1) is 12.7. The Morgan fingerprint density at radius 1 is 1.35 bits per heavy atom. The SMILES string of the molecule is CCN(CC1CCCO1)C(=O)CCCc1nc(-c2ccc(Cl)cc2)no1. The van der Waals surface area contributed by atoms with Crippen LogP contribution in [0.4, 0.5) is 0 Å². The minimum absolute atomic E-state index is 0.153. The van der Waals surface area contributed by atoms with Gasteiger partial charge in [-0.25, -0.2) is 0 Å². The van der Waals surface area contributed by atoms with Gasteiger partial charge in [-0.05, 0) is 50.5 Å². The van der Waals surface area contributed by atoms with Crippen molar-refractivity contribution < 1.29 is 14.1 Å². The second kappa shape index (κ2) is 9.14. The number of hydrogen-bond donors (Lipinski definition) is 0. The lowest BCUT2D eigenvalue weighted by molar-refractivity contribution is -0.132. The number of rotatable bonds is 8. The molecule has 1 saturated heterocycles. The Hall–Kier alpha value is -1.92. The van der Waals surface area contributed by atoms with Crippen molar-refractivity contribution in [3.05, 3.63) is 35.2 Å². The zero-order valence-electron chi connectivity index (χ0n) is 15.0. The Morgan fingerprint density at radius 3 is 2.85 bits per heavy atom. The number of benzene rings is 1. The maximum absolute atomic E-state index is 12.4. The van der Waals surface area contributed by atoms with Crippen molar-refractivity contribution in [2.45, 2.75) is 45.1 Å². The van der Waals surface area contributed by atoms with E-state index >= 15 is 0 Å². The monoisotopic (exact) mass is 377 g/mol. The summed E-state index contributed by atoms with van der Waals surface area (Å²) in [4.78, 5) is 18.7. The third kappa shape index (κ3) is 5.05. The summed E-state index contributed by atoms with van der Waals surface area (Å²) < 4.78 is 10.9. The number of halogens is 1. The first-order valence-corrected chi connectivity index (χ1v) is 9.51. The van der Waals surface area contributed by atoms with Crippen LogP contribution in [0.3, 0.4) is 0 Å². The summed E-state index contributed by atoms with van der Waals surface area (Å²) >= 11 is 5.89. The first-order valence-electron chi connectivity index (χ1n) is 9.13. The van der Waals surface area contributed by atoms with Crippen LogP contribution in [0.1, 0.15) is 38.5 Å². The molecule has 1 aliphatic heterocycles. The molecule has 0 saturated carbocycles. The Labute approximate surface area is 158 Å². The van der Waals surface area contributed by atoms with Crippen LogP contribution in [0.25, 0.3) is 11.4 Å². The molecule has 3 rings (SSSR count). The number of nitrogens with zero attached hydrogens (tertiary/aromatic N) is 3. The predicted molar refractivity (Wildman–Crippen MR) is 98.9 cm³/mol. The summed E-state index contributed by atoms with van der Waals surface area (Å²) in [6, 6.07) is 7.29. The van der Waals surface area contributed by atoms with Gasteiger partial charge in [0.15, 0.2) is 0 Å². The van der Waals surface area contributed by atoms with Crippen LogP contribution in [0.2, 0.25) is 5.02 Å². The third-order valence-electron chi connectivity index (χ3n) is 4.53. The largest absolute Gasteiger partial charge is 0.376 e. The van der Waals surface area contributed by atoms with Gasteiger partial charge >= 0.3 is 0 Å². The number of likely N-dealkylation sites (N-methyl/N-ethyl adjacent to an activating group) is 1. The fraction of sp³-hybridized carbons (Fsp3) is 0.526. The van der Waals surface area contributed by atoms with Crippen LogP contribution in [0, 0.1) is 0 Å². The highest BCUT2D eigenvalue weighted by Crippen LogP contribution is 2.19. The van der Waals surface area contributed by atoms with Crippen LogP contribution in [-0.4, -0.2) is 46.7 Å². The Balaban J connectivity index is 1.46. The highest BCUT2D eigenvalue weighted by atomic mass is 35.5. The lowest BCUT2D eigenvalue weighted by atomic mass is 10.2. The van der Waals surface area contributed by atoms with Gasteiger partial charge in [-0.15, -0.1) is 0 Å². The molecule has 1 fully saturated rings. The van der Waals surface area contributed by atoms with E-state index in [1.54, 1.807) is 12.1 Å². The summed E-state index contributed by atoms with van der Waals surface area (Å²) in [5.74, 6) is 1.24. The summed E-state index contributed by atoms with van der Waals surface area (Å²) in [7, 11) is 0. The highest BCUT2D eigenvalue weighted by Gasteiger charge is 2.21. The summed E-state index contributed by atoms with van der Waals surface area (Å²) in [5, 5.41) is 4.66. The van der Waals surface area contributed by atoms with E-state index in [4.69, 9.17) is 20.9 Å². The molecule has 1 aromatic heterocycles. The molecule has 1 atom stereocenters. The van der Waals surface area contributed by atoms with Crippen molar-refractivity contribution in [2.24, 2.45) is 0 Å². The molecule has 0 N–H and O–H groups in total. The smallest absolute Gasteiger partial charge is 0.226 e. The average Bonchev–Trinajstić information content (AvgIpc) is 3.32. The number of carbonyl (C=O) groups excluding carboxylic acids is 1. The number of hydrogen-bond acceptors (Lipinski definition) is 5. The van der Waals surface area contributed by atoms with E-state index in [9.17, 15) is 4.79 Å². The number of ether oxygens (including phenoxy) is 1. The van der Waals surface area contributed by atoms with Gasteiger partial charge in [0, 0.05) is 43.1 Å². The quantitative estimate of drug-likeness (QED) is 0.700. The molecule has 0 aliphatic carbocycles. The van der Waals surface area contributed by atoms with E-state index in [0.717, 1.165) is 25.0 Å². The van der Waals surface area contributed by atoms with Crippen LogP contribution >= 0.6 is 11.6 Å². The fourth-order valence-electron chi connectivity index (χ4n) is 3.06. The van der Waals surface area contributed by atoms with Crippen LogP contribution in [0.15, 0.2) is 28.8 Å². The topological polar surface area (TPSA) is 68.5 Å². The molecule has 1 amide bonds. The highest BCUT2D eigenvalue weighted by molar-refractivity contribution is 6.30. The molecule has 0 bridgehead atoms. The van der Waals surface area contributed by atoms with Crippen LogP contribution in [0.5, 0.6) is 0 Å². The normalized spacial score (nSPS) is 16.8. The van der Waals surface area contributed by atoms with Crippen molar-refractivity contribution >= 4 is 17.5 Å². The van der Waals surface area contributed by atoms with Gasteiger partial charge in [-0.2, -0.15) is 4.98 Å². The van der Waals surface area contributed by atoms with E-state index in [1.165, 1.54) is 0 Å². The third-order valence-corrected chi connectivity index (χ3v) is 4.79. The second-order valence-corrected chi connectivity index (χ2v) is 6.88. The lowest BCUT2D eigenvalue weighted by Crippen LogP contribution is -2.37. The minimum Gasteiger partial charge on any atom is -0.376 e. The van der Waals surface area contributed by atoms with Crippen molar-refractivity contribution in [1.82, 2.24) is 15.0 Å². The van der Waals surface area contributed by atoms with Crippen LogP contribution < -0.4 is 0 Å². The Bertz CT molecular complexity index is 711. The van der Waals surface area contributed by atoms with E-state index < -0.39 is 0 Å². The van der Waals surface area contributed by atoms with Crippen molar-refractivity contribution in [3.63, 3.8) is 0 Å². The average molecular weight is 378 g/mol. The zero-order chi connectivity index (χ0) is 18.4. The van der Waals surface area contributed by atoms with Gasteiger partial charge < -0.3 is 14.2 Å². The maximum Gasteiger partial charge on any atom is 0.226 e. The molecule has 2 heterocycles. The molecule has 0 radical (unpaired) electrons. The maximum atomic E-state index is 12.4. The first kappa shape index (κ1) is 18.9. The summed E-state index contributed by atoms with van der Waals surface area (Å²) in [6.45, 7) is 4.21. The Morgan fingerprint density at radius 2 is 2.15 bits per heavy atom. The molecule has 1 aromatic carbocycles. The Kier molecular flexibility index (Phi) is 6.63. The molecule has 26 heavy (non-hydrogen) atoms. The minimum atomic E-state index is 0.153. The van der Waals surface area contributed by atoms with Gasteiger partial charge in [0.1, 0.15) is 0 Å². The van der Waals surface area contributed by atoms with Gasteiger partial charge in [0.2, 0.25) is 17.6 Å². The van der Waals surface area contributed by atoms with Gasteiger partial charge in [0.25, 0.3) is 0 Å². The molecule has 7 heteroatoms. The number of amides is 1. The van der Waals surface area contributed by atoms with Gasteiger partial charge in [-0.1, -0.05) is 16.8 Å². The molecule has 6 nitrogen and oxygen atoms in total. The second-order valence-electron chi connectivity index (χ2n) is 6.44. The molecular weight excluding hydrogens is 354 g/mol. The van der Waals surface area contributed by atoms with E-state index in [2.05, 4.69) is 10.1 Å². The standard InChI is InChI=1S/C19H24ClN3O3/c1-2-23(13-16-5-4-12-25-16)18(24)7-3-6-17-21-19(22-26-17)14-8-10-15(20)11-9-14/h8-11,16H,2-7,12-13H2,1H3. The predicted octanol–water partition coefficient (Wildman–Crippen LogP) is 3.74. The van der Waals surface area contributed by atoms with E-state index in [0.29, 0.717) is 49.1 Å². The van der Waals surface area contributed by atoms with Crippen molar-refractivity contribution in [2.75, 3.05) is 19.7 Å². The molecule has 1 aliphatic rings. The van der Waals surface area contributed by atoms with Gasteiger partial charge in [0.05, 0.1) is 6.10 Å². The summed E-state index contributed by atoms with van der Waals surface area (Å²) in [5.41, 5.74) is 0.856. The molecule has 1 unspecified atom stereocenters. The van der Waals surface area contributed by atoms with Crippen LogP contribution in [-0.2, 0) is 16.0 Å².